The maximum Gasteiger partial charge on any atom is 0.397 e. The maximum atomic E-state index is 12.6. The molecule has 0 aromatic rings. The van der Waals surface area contributed by atoms with E-state index in [0.29, 0.717) is 0 Å². The number of nitrogens with one attached hydrogen (secondary N) is 1. The molecule has 0 aliphatic carbocycles. The lowest BCUT2D eigenvalue weighted by Gasteiger charge is -2.32. The van der Waals surface area contributed by atoms with E-state index >= 15 is 0 Å². The summed E-state index contributed by atoms with van der Waals surface area (Å²) in [6.07, 6.45) is -5.33. The SMILES string of the molecule is FC(F)(F)C1CCNCC1(F)F. The molecule has 1 saturated heterocycles. The van der Waals surface area contributed by atoms with E-state index in [4.69, 9.17) is 0 Å². The molecule has 1 N–H and O–H groups in total. The Morgan fingerprint density at radius 2 is 1.83 bits per heavy atom. The van der Waals surface area contributed by atoms with Gasteiger partial charge < -0.3 is 5.32 Å². The van der Waals surface area contributed by atoms with Crippen molar-refractivity contribution in [2.75, 3.05) is 13.1 Å². The van der Waals surface area contributed by atoms with Crippen molar-refractivity contribution in [3.05, 3.63) is 0 Å². The van der Waals surface area contributed by atoms with Crippen LogP contribution in [0.1, 0.15) is 6.42 Å². The first-order chi connectivity index (χ1) is 5.34. The Labute approximate surface area is 65.9 Å². The standard InChI is InChI=1S/C6H8F5N/c7-5(8)3-12-2-1-4(5)6(9,10)11/h4,12H,1-3H2. The van der Waals surface area contributed by atoms with Crippen molar-refractivity contribution in [2.24, 2.45) is 5.92 Å². The summed E-state index contributed by atoms with van der Waals surface area (Å²) in [5, 5.41) is 2.23. The Kier molecular flexibility index (Phi) is 2.29. The van der Waals surface area contributed by atoms with Gasteiger partial charge in [0.05, 0.1) is 6.54 Å². The molecule has 1 heterocycles. The van der Waals surface area contributed by atoms with Crippen LogP contribution in [0.3, 0.4) is 0 Å². The summed E-state index contributed by atoms with van der Waals surface area (Å²) in [6.45, 7) is -0.878. The largest absolute Gasteiger partial charge is 0.397 e. The Morgan fingerprint density at radius 1 is 1.25 bits per heavy atom. The second-order valence-corrected chi connectivity index (χ2v) is 2.82. The Morgan fingerprint density at radius 3 is 2.17 bits per heavy atom. The molecule has 6 heteroatoms. The predicted molar refractivity (Wildman–Crippen MR) is 32.0 cm³/mol. The number of halogens is 5. The van der Waals surface area contributed by atoms with E-state index in [1.807, 2.05) is 0 Å². The quantitative estimate of drug-likeness (QED) is 0.573. The zero-order chi connectivity index (χ0) is 9.41. The molecule has 0 amide bonds. The first-order valence-corrected chi connectivity index (χ1v) is 3.49. The number of hydrogen-bond donors (Lipinski definition) is 1. The van der Waals surface area contributed by atoms with Crippen LogP contribution in [0.5, 0.6) is 0 Å². The molecular weight excluding hydrogens is 181 g/mol. The second kappa shape index (κ2) is 2.83. The lowest BCUT2D eigenvalue weighted by Crippen LogP contribution is -2.51. The van der Waals surface area contributed by atoms with E-state index in [2.05, 4.69) is 5.32 Å². The van der Waals surface area contributed by atoms with Gasteiger partial charge in [0.25, 0.3) is 5.92 Å². The van der Waals surface area contributed by atoms with Gasteiger partial charge in [0.2, 0.25) is 0 Å². The van der Waals surface area contributed by atoms with Crippen LogP contribution in [0.2, 0.25) is 0 Å². The zero-order valence-electron chi connectivity index (χ0n) is 6.09. The van der Waals surface area contributed by atoms with Gasteiger partial charge in [0.15, 0.2) is 0 Å². The minimum Gasteiger partial charge on any atom is -0.311 e. The molecule has 1 aliphatic heterocycles. The summed E-state index contributed by atoms with van der Waals surface area (Å²) in [7, 11) is 0. The summed E-state index contributed by atoms with van der Waals surface area (Å²) in [5.41, 5.74) is 0. The van der Waals surface area contributed by atoms with E-state index in [-0.39, 0.29) is 6.54 Å². The van der Waals surface area contributed by atoms with Gasteiger partial charge in [-0.3, -0.25) is 0 Å². The van der Waals surface area contributed by atoms with E-state index in [9.17, 15) is 22.0 Å². The highest BCUT2D eigenvalue weighted by Gasteiger charge is 2.56. The highest BCUT2D eigenvalue weighted by Crippen LogP contribution is 2.41. The fourth-order valence-corrected chi connectivity index (χ4v) is 1.24. The van der Waals surface area contributed by atoms with Gasteiger partial charge in [-0.05, 0) is 13.0 Å². The molecule has 0 saturated carbocycles. The van der Waals surface area contributed by atoms with Crippen molar-refractivity contribution in [3.8, 4) is 0 Å². The molecule has 0 spiro atoms. The lowest BCUT2D eigenvalue weighted by atomic mass is 9.93. The third-order valence-electron chi connectivity index (χ3n) is 1.88. The molecule has 1 rings (SSSR count). The molecule has 0 aromatic heterocycles. The molecule has 1 nitrogen and oxygen atoms in total. The molecule has 0 radical (unpaired) electrons. The van der Waals surface area contributed by atoms with Crippen molar-refractivity contribution in [1.82, 2.24) is 5.32 Å². The van der Waals surface area contributed by atoms with E-state index in [0.717, 1.165) is 0 Å². The van der Waals surface area contributed by atoms with E-state index in [1.165, 1.54) is 0 Å². The Bertz CT molecular complexity index is 164. The van der Waals surface area contributed by atoms with Crippen LogP contribution in [-0.4, -0.2) is 25.2 Å². The number of rotatable bonds is 0. The average Bonchev–Trinajstić information content (AvgIpc) is 1.83. The van der Waals surface area contributed by atoms with Gasteiger partial charge in [-0.1, -0.05) is 0 Å². The summed E-state index contributed by atoms with van der Waals surface area (Å²) < 4.78 is 61.0. The van der Waals surface area contributed by atoms with Crippen molar-refractivity contribution in [3.63, 3.8) is 0 Å². The monoisotopic (exact) mass is 189 g/mol. The van der Waals surface area contributed by atoms with Crippen molar-refractivity contribution in [2.45, 2.75) is 18.5 Å². The molecule has 12 heavy (non-hydrogen) atoms. The third kappa shape index (κ3) is 1.85. The molecular formula is C6H8F5N. The third-order valence-corrected chi connectivity index (χ3v) is 1.88. The predicted octanol–water partition coefficient (Wildman–Crippen LogP) is 1.79. The van der Waals surface area contributed by atoms with Gasteiger partial charge >= 0.3 is 6.18 Å². The summed E-state index contributed by atoms with van der Waals surface area (Å²) in [4.78, 5) is 0. The highest BCUT2D eigenvalue weighted by molar-refractivity contribution is 4.88. The van der Waals surface area contributed by atoms with Crippen LogP contribution < -0.4 is 5.32 Å². The molecule has 0 aromatic carbocycles. The van der Waals surface area contributed by atoms with Crippen LogP contribution in [0.4, 0.5) is 22.0 Å². The van der Waals surface area contributed by atoms with Gasteiger partial charge in [-0.15, -0.1) is 0 Å². The van der Waals surface area contributed by atoms with E-state index < -0.39 is 31.0 Å². The van der Waals surface area contributed by atoms with Crippen LogP contribution in [0.25, 0.3) is 0 Å². The van der Waals surface area contributed by atoms with Crippen LogP contribution in [0, 0.1) is 5.92 Å². The molecule has 1 atom stereocenters. The minimum absolute atomic E-state index is 0.000231. The van der Waals surface area contributed by atoms with Gasteiger partial charge in [0, 0.05) is 0 Å². The number of hydrogen-bond acceptors (Lipinski definition) is 1. The highest BCUT2D eigenvalue weighted by atomic mass is 19.4. The molecule has 1 fully saturated rings. The fraction of sp³-hybridized carbons (Fsp3) is 1.00. The van der Waals surface area contributed by atoms with Gasteiger partial charge in [0.1, 0.15) is 5.92 Å². The molecule has 1 aliphatic rings. The molecule has 72 valence electrons. The summed E-state index contributed by atoms with van der Waals surface area (Å²) >= 11 is 0. The minimum atomic E-state index is -4.79. The Hall–Kier alpha value is -0.390. The summed E-state index contributed by atoms with van der Waals surface area (Å²) in [5.74, 6) is -6.14. The first kappa shape index (κ1) is 9.70. The number of piperidine rings is 1. The maximum absolute atomic E-state index is 12.6. The van der Waals surface area contributed by atoms with Crippen molar-refractivity contribution >= 4 is 0 Å². The van der Waals surface area contributed by atoms with Crippen molar-refractivity contribution in [1.29, 1.82) is 0 Å². The van der Waals surface area contributed by atoms with E-state index in [1.54, 1.807) is 0 Å². The second-order valence-electron chi connectivity index (χ2n) is 2.82. The summed E-state index contributed by atoms with van der Waals surface area (Å²) in [6, 6.07) is 0. The lowest BCUT2D eigenvalue weighted by molar-refractivity contribution is -0.246. The molecule has 1 unspecified atom stereocenters. The van der Waals surface area contributed by atoms with Gasteiger partial charge in [-0.2, -0.15) is 13.2 Å². The van der Waals surface area contributed by atoms with Crippen LogP contribution in [-0.2, 0) is 0 Å². The van der Waals surface area contributed by atoms with Crippen LogP contribution in [0.15, 0.2) is 0 Å². The number of alkyl halides is 5. The Balaban J connectivity index is 2.73. The zero-order valence-corrected chi connectivity index (χ0v) is 6.09. The average molecular weight is 189 g/mol. The molecule has 0 bridgehead atoms. The van der Waals surface area contributed by atoms with Gasteiger partial charge in [-0.25, -0.2) is 8.78 Å². The normalized spacial score (nSPS) is 30.2. The smallest absolute Gasteiger partial charge is 0.311 e. The van der Waals surface area contributed by atoms with Crippen LogP contribution >= 0.6 is 0 Å². The topological polar surface area (TPSA) is 12.0 Å². The fourth-order valence-electron chi connectivity index (χ4n) is 1.24. The van der Waals surface area contributed by atoms with Crippen molar-refractivity contribution < 1.29 is 22.0 Å². The first-order valence-electron chi connectivity index (χ1n) is 3.49.